The number of carbonyl (C=O) groups is 1. The molecule has 0 saturated heterocycles. The van der Waals surface area contributed by atoms with Crippen molar-refractivity contribution in [3.05, 3.63) is 35.4 Å². The average molecular weight is 302 g/mol. The number of nitrogens with one attached hydrogen (secondary N) is 1. The summed E-state index contributed by atoms with van der Waals surface area (Å²) in [6.45, 7) is 6.62. The lowest BCUT2D eigenvalue weighted by Crippen LogP contribution is -2.68. The molecule has 0 aromatic heterocycles. The fraction of sp³-hybridized carbons (Fsp3) is 0.529. The van der Waals surface area contributed by atoms with Crippen LogP contribution in [-0.4, -0.2) is 35.9 Å². The van der Waals surface area contributed by atoms with E-state index >= 15 is 0 Å². The molecule has 5 nitrogen and oxygen atoms in total. The maximum absolute atomic E-state index is 12.1. The highest BCUT2D eigenvalue weighted by Crippen LogP contribution is 2.50. The first-order valence-electron chi connectivity index (χ1n) is 7.46. The van der Waals surface area contributed by atoms with E-state index in [-0.39, 0.29) is 18.6 Å². The predicted octanol–water partition coefficient (Wildman–Crippen LogP) is 1.85. The van der Waals surface area contributed by atoms with E-state index in [0.717, 1.165) is 0 Å². The predicted molar refractivity (Wildman–Crippen MR) is 82.3 cm³/mol. The van der Waals surface area contributed by atoms with E-state index in [2.05, 4.69) is 5.32 Å². The van der Waals surface area contributed by atoms with Crippen LogP contribution in [-0.2, 0) is 4.74 Å². The van der Waals surface area contributed by atoms with Gasteiger partial charge in [-0.05, 0) is 31.2 Å². The molecule has 118 valence electrons. The van der Waals surface area contributed by atoms with E-state index in [1.54, 1.807) is 24.3 Å². The minimum Gasteiger partial charge on any atom is -0.387 e. The Kier molecular flexibility index (Phi) is 4.55. The normalized spacial score (nSPS) is 25.9. The van der Waals surface area contributed by atoms with Gasteiger partial charge in [0.05, 0.1) is 23.3 Å². The molecule has 0 unspecified atom stereocenters. The lowest BCUT2D eigenvalue weighted by molar-refractivity contribution is -0.237. The molecule has 1 aromatic carbocycles. The number of hydrogen-bond donors (Lipinski definition) is 2. The summed E-state index contributed by atoms with van der Waals surface area (Å²) >= 11 is 0. The zero-order valence-corrected chi connectivity index (χ0v) is 13.2. The number of ether oxygens (including phenoxy) is 1. The van der Waals surface area contributed by atoms with Crippen LogP contribution in [0.15, 0.2) is 24.3 Å². The highest BCUT2D eigenvalue weighted by molar-refractivity contribution is 5.94. The van der Waals surface area contributed by atoms with Crippen LogP contribution in [0.5, 0.6) is 0 Å². The number of nitrogens with zero attached hydrogens (tertiary/aromatic N) is 1. The standard InChI is InChI=1S/C17H22N2O3/c1-4-22-14-9-17(21,16(14,2)3)11-19-15(20)13-7-5-12(10-18)6-8-13/h5-8,14,21H,4,9,11H2,1-3H3,(H,19,20)/t14-,17-/m1/s1. The van der Waals surface area contributed by atoms with Crippen LogP contribution in [0.25, 0.3) is 0 Å². The maximum atomic E-state index is 12.1. The molecule has 2 N–H and O–H groups in total. The lowest BCUT2D eigenvalue weighted by atomic mass is 9.56. The van der Waals surface area contributed by atoms with Crippen LogP contribution in [0.3, 0.4) is 0 Å². The van der Waals surface area contributed by atoms with Gasteiger partial charge >= 0.3 is 0 Å². The molecule has 1 saturated carbocycles. The minimum absolute atomic E-state index is 0.00862. The minimum atomic E-state index is -0.963. The summed E-state index contributed by atoms with van der Waals surface area (Å²) < 4.78 is 5.60. The summed E-state index contributed by atoms with van der Waals surface area (Å²) in [5.41, 5.74) is -0.383. The highest BCUT2D eigenvalue weighted by Gasteiger charge is 2.59. The Morgan fingerprint density at radius 2 is 2.09 bits per heavy atom. The van der Waals surface area contributed by atoms with Crippen LogP contribution in [0.2, 0.25) is 0 Å². The van der Waals surface area contributed by atoms with Crippen LogP contribution in [0.1, 0.15) is 43.1 Å². The molecule has 1 aliphatic rings. The van der Waals surface area contributed by atoms with Crippen molar-refractivity contribution in [2.75, 3.05) is 13.2 Å². The second-order valence-corrected chi connectivity index (χ2v) is 6.27. The van der Waals surface area contributed by atoms with Crippen molar-refractivity contribution in [1.82, 2.24) is 5.32 Å². The van der Waals surface area contributed by atoms with Crippen molar-refractivity contribution in [2.45, 2.75) is 38.9 Å². The molecule has 0 aliphatic heterocycles. The van der Waals surface area contributed by atoms with Crippen molar-refractivity contribution >= 4 is 5.91 Å². The first-order chi connectivity index (χ1) is 10.3. The van der Waals surface area contributed by atoms with Crippen molar-refractivity contribution < 1.29 is 14.6 Å². The van der Waals surface area contributed by atoms with Gasteiger partial charge in [0.2, 0.25) is 0 Å². The number of hydrogen-bond acceptors (Lipinski definition) is 4. The third-order valence-electron chi connectivity index (χ3n) is 4.71. The van der Waals surface area contributed by atoms with Crippen LogP contribution >= 0.6 is 0 Å². The van der Waals surface area contributed by atoms with Gasteiger partial charge in [-0.15, -0.1) is 0 Å². The number of carbonyl (C=O) groups excluding carboxylic acids is 1. The number of rotatable bonds is 5. The van der Waals surface area contributed by atoms with Gasteiger partial charge in [0, 0.05) is 30.6 Å². The average Bonchev–Trinajstić information content (AvgIpc) is 2.52. The lowest BCUT2D eigenvalue weighted by Gasteiger charge is -2.57. The Hall–Kier alpha value is -1.90. The van der Waals surface area contributed by atoms with Gasteiger partial charge < -0.3 is 15.2 Å². The Bertz CT molecular complexity index is 589. The summed E-state index contributed by atoms with van der Waals surface area (Å²) in [7, 11) is 0. The second-order valence-electron chi connectivity index (χ2n) is 6.27. The van der Waals surface area contributed by atoms with Crippen LogP contribution < -0.4 is 5.32 Å². The van der Waals surface area contributed by atoms with E-state index < -0.39 is 11.0 Å². The molecule has 1 amide bonds. The van der Waals surface area contributed by atoms with Gasteiger partial charge in [0.1, 0.15) is 0 Å². The monoisotopic (exact) mass is 302 g/mol. The van der Waals surface area contributed by atoms with E-state index in [0.29, 0.717) is 24.2 Å². The maximum Gasteiger partial charge on any atom is 0.251 e. The molecule has 0 radical (unpaired) electrons. The van der Waals surface area contributed by atoms with Crippen molar-refractivity contribution in [1.29, 1.82) is 5.26 Å². The molecular formula is C17H22N2O3. The van der Waals surface area contributed by atoms with Gasteiger partial charge in [-0.2, -0.15) is 5.26 Å². The van der Waals surface area contributed by atoms with E-state index in [4.69, 9.17) is 10.00 Å². The molecule has 0 bridgehead atoms. The van der Waals surface area contributed by atoms with Crippen LogP contribution in [0, 0.1) is 16.7 Å². The molecule has 5 heteroatoms. The first kappa shape index (κ1) is 16.5. The molecule has 2 atom stereocenters. The highest BCUT2D eigenvalue weighted by atomic mass is 16.5. The Morgan fingerprint density at radius 3 is 2.59 bits per heavy atom. The van der Waals surface area contributed by atoms with E-state index in [1.807, 2.05) is 26.8 Å². The molecule has 22 heavy (non-hydrogen) atoms. The summed E-state index contributed by atoms with van der Waals surface area (Å²) in [5.74, 6) is -0.256. The van der Waals surface area contributed by atoms with Gasteiger partial charge in [-0.3, -0.25) is 4.79 Å². The van der Waals surface area contributed by atoms with Gasteiger partial charge in [0.25, 0.3) is 5.91 Å². The fourth-order valence-corrected chi connectivity index (χ4v) is 2.79. The van der Waals surface area contributed by atoms with E-state index in [9.17, 15) is 9.90 Å². The number of benzene rings is 1. The largest absolute Gasteiger partial charge is 0.387 e. The third kappa shape index (κ3) is 2.85. The smallest absolute Gasteiger partial charge is 0.251 e. The Labute approximate surface area is 130 Å². The molecule has 2 rings (SSSR count). The second kappa shape index (κ2) is 6.07. The summed E-state index contributed by atoms with van der Waals surface area (Å²) in [4.78, 5) is 12.1. The Morgan fingerprint density at radius 1 is 1.45 bits per heavy atom. The van der Waals surface area contributed by atoms with Crippen molar-refractivity contribution in [2.24, 2.45) is 5.41 Å². The molecule has 1 fully saturated rings. The molecule has 1 aliphatic carbocycles. The van der Waals surface area contributed by atoms with Gasteiger partial charge in [0.15, 0.2) is 0 Å². The zero-order chi connectivity index (χ0) is 16.4. The summed E-state index contributed by atoms with van der Waals surface area (Å²) in [5, 5.41) is 22.2. The SMILES string of the molecule is CCO[C@@H]1C[C@@](O)(CNC(=O)c2ccc(C#N)cc2)C1(C)C. The number of amides is 1. The molecule has 0 heterocycles. The van der Waals surface area contributed by atoms with Crippen LogP contribution in [0.4, 0.5) is 0 Å². The third-order valence-corrected chi connectivity index (χ3v) is 4.71. The van der Waals surface area contributed by atoms with Crippen molar-refractivity contribution in [3.8, 4) is 6.07 Å². The number of nitriles is 1. The quantitative estimate of drug-likeness (QED) is 0.869. The van der Waals surface area contributed by atoms with E-state index in [1.165, 1.54) is 0 Å². The Balaban J connectivity index is 1.95. The summed E-state index contributed by atoms with van der Waals surface area (Å²) in [6.07, 6.45) is 0.524. The van der Waals surface area contributed by atoms with Crippen molar-refractivity contribution in [3.63, 3.8) is 0 Å². The molecule has 0 spiro atoms. The number of aliphatic hydroxyl groups is 1. The first-order valence-corrected chi connectivity index (χ1v) is 7.46. The fourth-order valence-electron chi connectivity index (χ4n) is 2.79. The van der Waals surface area contributed by atoms with Gasteiger partial charge in [-0.1, -0.05) is 13.8 Å². The van der Waals surface area contributed by atoms with Gasteiger partial charge in [-0.25, -0.2) is 0 Å². The topological polar surface area (TPSA) is 82.3 Å². The molecule has 1 aromatic rings. The zero-order valence-electron chi connectivity index (χ0n) is 13.2. The molecular weight excluding hydrogens is 280 g/mol. The summed E-state index contributed by atoms with van der Waals surface area (Å²) in [6, 6.07) is 8.42.